The first-order valence-electron chi connectivity index (χ1n) is 4.09. The van der Waals surface area contributed by atoms with Gasteiger partial charge in [-0.1, -0.05) is 5.92 Å². The lowest BCUT2D eigenvalue weighted by Crippen LogP contribution is -2.08. The summed E-state index contributed by atoms with van der Waals surface area (Å²) >= 11 is 0. The Bertz CT molecular complexity index is 359. The van der Waals surface area contributed by atoms with E-state index in [9.17, 15) is 4.79 Å². The number of hydrogen-bond acceptors (Lipinski definition) is 2. The molecular weight excluding hydrogens is 180 g/mol. The summed E-state index contributed by atoms with van der Waals surface area (Å²) in [6.07, 6.45) is 4.81. The summed E-state index contributed by atoms with van der Waals surface area (Å²) in [4.78, 5) is 10.5. The maximum absolute atomic E-state index is 10.5. The van der Waals surface area contributed by atoms with E-state index < -0.39 is 5.97 Å². The molecule has 0 saturated heterocycles. The van der Waals surface area contributed by atoms with Crippen molar-refractivity contribution in [3.8, 4) is 18.1 Å². The second-order valence-corrected chi connectivity index (χ2v) is 2.76. The van der Waals surface area contributed by atoms with Gasteiger partial charge in [0.25, 0.3) is 0 Å². The average molecular weight is 190 g/mol. The standard InChI is InChI=1S/C11H10O3/c1-3-8(2)14-10-6-4-9(5-7-10)11(12)13/h1,4-8H,2H3,(H,12,13)/t8-/m0/s1. The summed E-state index contributed by atoms with van der Waals surface area (Å²) in [6, 6.07) is 6.11. The number of terminal acetylenes is 1. The highest BCUT2D eigenvalue weighted by atomic mass is 16.5. The van der Waals surface area contributed by atoms with E-state index in [1.165, 1.54) is 12.1 Å². The molecule has 3 nitrogen and oxygen atoms in total. The molecule has 0 spiro atoms. The minimum absolute atomic E-state index is 0.228. The van der Waals surface area contributed by atoms with Crippen LogP contribution in [0.2, 0.25) is 0 Å². The highest BCUT2D eigenvalue weighted by Gasteiger charge is 2.03. The second-order valence-electron chi connectivity index (χ2n) is 2.76. The van der Waals surface area contributed by atoms with Crippen molar-refractivity contribution in [3.05, 3.63) is 29.8 Å². The molecule has 0 radical (unpaired) electrons. The number of ether oxygens (including phenoxy) is 1. The van der Waals surface area contributed by atoms with Crippen LogP contribution in [0, 0.1) is 12.3 Å². The summed E-state index contributed by atoms with van der Waals surface area (Å²) in [5.41, 5.74) is 0.228. The molecule has 0 aromatic heterocycles. The molecule has 1 rings (SSSR count). The highest BCUT2D eigenvalue weighted by Crippen LogP contribution is 2.13. The molecule has 0 aliphatic rings. The Morgan fingerprint density at radius 2 is 2.07 bits per heavy atom. The van der Waals surface area contributed by atoms with Crippen molar-refractivity contribution < 1.29 is 14.6 Å². The summed E-state index contributed by atoms with van der Waals surface area (Å²) in [5.74, 6) is 2.03. The molecule has 14 heavy (non-hydrogen) atoms. The Balaban J connectivity index is 2.75. The summed E-state index contributed by atoms with van der Waals surface area (Å²) in [5, 5.41) is 8.63. The maximum Gasteiger partial charge on any atom is 0.335 e. The predicted molar refractivity (Wildman–Crippen MR) is 52.3 cm³/mol. The Hall–Kier alpha value is -1.95. The van der Waals surface area contributed by atoms with E-state index in [0.717, 1.165) is 0 Å². The third kappa shape index (κ3) is 2.53. The molecule has 0 fully saturated rings. The van der Waals surface area contributed by atoms with Gasteiger partial charge in [0.2, 0.25) is 0 Å². The van der Waals surface area contributed by atoms with Crippen molar-refractivity contribution in [1.29, 1.82) is 0 Å². The van der Waals surface area contributed by atoms with Crippen LogP contribution in [0.5, 0.6) is 5.75 Å². The topological polar surface area (TPSA) is 46.5 Å². The predicted octanol–water partition coefficient (Wildman–Crippen LogP) is 1.79. The normalized spacial score (nSPS) is 11.4. The van der Waals surface area contributed by atoms with E-state index in [4.69, 9.17) is 16.3 Å². The fourth-order valence-corrected chi connectivity index (χ4v) is 0.914. The molecule has 1 aromatic rings. The van der Waals surface area contributed by atoms with Crippen LogP contribution in [0.25, 0.3) is 0 Å². The van der Waals surface area contributed by atoms with Gasteiger partial charge in [0.05, 0.1) is 5.56 Å². The lowest BCUT2D eigenvalue weighted by atomic mass is 10.2. The molecule has 0 unspecified atom stereocenters. The highest BCUT2D eigenvalue weighted by molar-refractivity contribution is 5.87. The third-order valence-electron chi connectivity index (χ3n) is 1.65. The zero-order valence-corrected chi connectivity index (χ0v) is 7.73. The fourth-order valence-electron chi connectivity index (χ4n) is 0.914. The number of carboxylic acids is 1. The van der Waals surface area contributed by atoms with Gasteiger partial charge >= 0.3 is 5.97 Å². The Labute approximate surface area is 82.3 Å². The van der Waals surface area contributed by atoms with Crippen molar-refractivity contribution in [2.24, 2.45) is 0 Å². The Kier molecular flexibility index (Phi) is 3.14. The van der Waals surface area contributed by atoms with Crippen LogP contribution in [0.4, 0.5) is 0 Å². The molecule has 1 atom stereocenters. The van der Waals surface area contributed by atoms with Crippen LogP contribution in [0.15, 0.2) is 24.3 Å². The molecule has 0 amide bonds. The molecule has 1 N–H and O–H groups in total. The van der Waals surface area contributed by atoms with Crippen LogP contribution >= 0.6 is 0 Å². The number of benzene rings is 1. The summed E-state index contributed by atoms with van der Waals surface area (Å²) < 4.78 is 5.27. The lowest BCUT2D eigenvalue weighted by molar-refractivity contribution is 0.0697. The van der Waals surface area contributed by atoms with Gasteiger partial charge in [-0.3, -0.25) is 0 Å². The maximum atomic E-state index is 10.5. The summed E-state index contributed by atoms with van der Waals surface area (Å²) in [6.45, 7) is 1.74. The van der Waals surface area contributed by atoms with Crippen molar-refractivity contribution in [2.45, 2.75) is 13.0 Å². The van der Waals surface area contributed by atoms with E-state index >= 15 is 0 Å². The van der Waals surface area contributed by atoms with Crippen LogP contribution in [0.3, 0.4) is 0 Å². The van der Waals surface area contributed by atoms with E-state index in [0.29, 0.717) is 5.75 Å². The van der Waals surface area contributed by atoms with Gasteiger partial charge in [-0.05, 0) is 31.2 Å². The number of aromatic carboxylic acids is 1. The van der Waals surface area contributed by atoms with Crippen molar-refractivity contribution in [2.75, 3.05) is 0 Å². The minimum atomic E-state index is -0.957. The van der Waals surface area contributed by atoms with Gasteiger partial charge in [0, 0.05) is 0 Å². The van der Waals surface area contributed by atoms with Crippen molar-refractivity contribution in [3.63, 3.8) is 0 Å². The SMILES string of the molecule is C#C[C@H](C)Oc1ccc(C(=O)O)cc1. The minimum Gasteiger partial charge on any atom is -0.478 e. The van der Waals surface area contributed by atoms with Crippen molar-refractivity contribution in [1.82, 2.24) is 0 Å². The number of hydrogen-bond donors (Lipinski definition) is 1. The number of carbonyl (C=O) groups is 1. The lowest BCUT2D eigenvalue weighted by Gasteiger charge is -2.08. The molecule has 3 heteroatoms. The van der Waals surface area contributed by atoms with Gasteiger partial charge in [-0.15, -0.1) is 6.42 Å². The van der Waals surface area contributed by atoms with E-state index in [-0.39, 0.29) is 11.7 Å². The zero-order valence-electron chi connectivity index (χ0n) is 7.73. The Morgan fingerprint density at radius 3 is 2.50 bits per heavy atom. The molecule has 0 heterocycles. The molecule has 72 valence electrons. The zero-order chi connectivity index (χ0) is 10.6. The molecule has 0 aliphatic heterocycles. The quantitative estimate of drug-likeness (QED) is 0.739. The first-order chi connectivity index (χ1) is 6.63. The van der Waals surface area contributed by atoms with Crippen LogP contribution in [0.1, 0.15) is 17.3 Å². The average Bonchev–Trinajstić information content (AvgIpc) is 2.18. The van der Waals surface area contributed by atoms with Gasteiger partial charge in [0.15, 0.2) is 6.10 Å². The van der Waals surface area contributed by atoms with Crippen LogP contribution in [-0.4, -0.2) is 17.2 Å². The van der Waals surface area contributed by atoms with Gasteiger partial charge in [-0.25, -0.2) is 4.79 Å². The first-order valence-corrected chi connectivity index (χ1v) is 4.09. The van der Waals surface area contributed by atoms with Crippen LogP contribution in [-0.2, 0) is 0 Å². The number of rotatable bonds is 3. The van der Waals surface area contributed by atoms with E-state index in [1.807, 2.05) is 0 Å². The molecule has 1 aromatic carbocycles. The Morgan fingerprint density at radius 1 is 1.50 bits per heavy atom. The molecule has 0 bridgehead atoms. The molecule has 0 saturated carbocycles. The first kappa shape index (κ1) is 10.1. The monoisotopic (exact) mass is 190 g/mol. The van der Waals surface area contributed by atoms with Crippen LogP contribution < -0.4 is 4.74 Å². The van der Waals surface area contributed by atoms with E-state index in [1.54, 1.807) is 19.1 Å². The smallest absolute Gasteiger partial charge is 0.335 e. The van der Waals surface area contributed by atoms with Gasteiger partial charge < -0.3 is 9.84 Å². The van der Waals surface area contributed by atoms with Gasteiger partial charge in [-0.2, -0.15) is 0 Å². The summed E-state index contributed by atoms with van der Waals surface area (Å²) in [7, 11) is 0. The molecule has 0 aliphatic carbocycles. The van der Waals surface area contributed by atoms with E-state index in [2.05, 4.69) is 5.92 Å². The molecular formula is C11H10O3. The number of carboxylic acid groups (broad SMARTS) is 1. The third-order valence-corrected chi connectivity index (χ3v) is 1.65. The largest absolute Gasteiger partial charge is 0.478 e. The fraction of sp³-hybridized carbons (Fsp3) is 0.182. The van der Waals surface area contributed by atoms with Gasteiger partial charge in [0.1, 0.15) is 5.75 Å². The van der Waals surface area contributed by atoms with Crippen molar-refractivity contribution >= 4 is 5.97 Å². The second kappa shape index (κ2) is 4.33.